The number of hydrogen-bond donors (Lipinski definition) is 1. The van der Waals surface area contributed by atoms with E-state index < -0.39 is 16.6 Å². The zero-order chi connectivity index (χ0) is 15.0. The lowest BCUT2D eigenvalue weighted by molar-refractivity contribution is 0.477. The number of nitrogen functional groups attached to an aromatic ring is 1. The van der Waals surface area contributed by atoms with E-state index in [2.05, 4.69) is 20.9 Å². The zero-order valence-electron chi connectivity index (χ0n) is 10.7. The molecule has 4 nitrogen and oxygen atoms in total. The smallest absolute Gasteiger partial charge is 0.288 e. The van der Waals surface area contributed by atoms with Crippen molar-refractivity contribution in [1.29, 1.82) is 0 Å². The fourth-order valence-electron chi connectivity index (χ4n) is 1.86. The van der Waals surface area contributed by atoms with Gasteiger partial charge in [0, 0.05) is 15.7 Å². The van der Waals surface area contributed by atoms with E-state index in [-0.39, 0.29) is 11.0 Å². The lowest BCUT2D eigenvalue weighted by atomic mass is 10.2. The minimum atomic E-state index is -1.56. The molecule has 1 atom stereocenters. The molecule has 0 fully saturated rings. The Hall–Kier alpha value is -1.73. The molecule has 1 unspecified atom stereocenters. The van der Waals surface area contributed by atoms with E-state index in [4.69, 9.17) is 10.2 Å². The molecule has 0 bridgehead atoms. The van der Waals surface area contributed by atoms with Gasteiger partial charge in [-0.15, -0.1) is 0 Å². The summed E-state index contributed by atoms with van der Waals surface area (Å²) in [5.74, 6) is -0.417. The molecule has 0 aliphatic carbocycles. The number of fused-ring (bicyclic) bond motifs is 1. The Labute approximate surface area is 130 Å². The maximum Gasteiger partial charge on any atom is 0.288 e. The van der Waals surface area contributed by atoms with Gasteiger partial charge in [-0.25, -0.2) is 13.6 Å². The average Bonchev–Trinajstić information content (AvgIpc) is 2.85. The summed E-state index contributed by atoms with van der Waals surface area (Å²) in [6.45, 7) is 0. The maximum atomic E-state index is 13.8. The van der Waals surface area contributed by atoms with Gasteiger partial charge in [-0.05, 0) is 30.3 Å². The molecule has 0 spiro atoms. The molecule has 3 rings (SSSR count). The number of aromatic nitrogens is 1. The second-order valence-corrected chi connectivity index (χ2v) is 6.68. The van der Waals surface area contributed by atoms with Crippen LogP contribution in [0.5, 0.6) is 0 Å². The van der Waals surface area contributed by atoms with Crippen molar-refractivity contribution in [1.82, 2.24) is 4.98 Å². The van der Waals surface area contributed by atoms with Gasteiger partial charge in [0.25, 0.3) is 5.22 Å². The first kappa shape index (κ1) is 14.2. The summed E-state index contributed by atoms with van der Waals surface area (Å²) in [6.07, 6.45) is 0. The van der Waals surface area contributed by atoms with Crippen LogP contribution in [0.25, 0.3) is 11.1 Å². The van der Waals surface area contributed by atoms with E-state index in [1.165, 1.54) is 6.07 Å². The lowest BCUT2D eigenvalue weighted by Crippen LogP contribution is -1.99. The predicted octanol–water partition coefficient (Wildman–Crippen LogP) is 3.62. The minimum Gasteiger partial charge on any atom is -0.430 e. The quantitative estimate of drug-likeness (QED) is 0.716. The van der Waals surface area contributed by atoms with Crippen molar-refractivity contribution >= 4 is 43.5 Å². The molecule has 0 aliphatic heterocycles. The molecule has 0 saturated heterocycles. The second-order valence-electron chi connectivity index (χ2n) is 4.43. The molecule has 0 amide bonds. The van der Waals surface area contributed by atoms with E-state index >= 15 is 0 Å². The second kappa shape index (κ2) is 5.57. The topological polar surface area (TPSA) is 69.1 Å². The van der Waals surface area contributed by atoms with Crippen LogP contribution in [0.4, 0.5) is 10.1 Å². The van der Waals surface area contributed by atoms with E-state index in [1.807, 2.05) is 0 Å². The van der Waals surface area contributed by atoms with Gasteiger partial charge in [-0.1, -0.05) is 22.0 Å². The standard InChI is InChI=1S/C14H10BrFN2O2S/c15-9-2-1-8(11(16)5-9)7-21(19)14-18-12-6-10(17)3-4-13(12)20-14/h1-6H,7,17H2. The number of nitrogens with zero attached hydrogens (tertiary/aromatic N) is 1. The normalized spacial score (nSPS) is 12.7. The molecule has 3 aromatic rings. The first-order valence-electron chi connectivity index (χ1n) is 6.01. The van der Waals surface area contributed by atoms with Crippen molar-refractivity contribution in [3.63, 3.8) is 0 Å². The van der Waals surface area contributed by atoms with Gasteiger partial charge in [0.05, 0.1) is 5.75 Å². The van der Waals surface area contributed by atoms with Crippen molar-refractivity contribution in [3.8, 4) is 0 Å². The van der Waals surface area contributed by atoms with Gasteiger partial charge in [0.15, 0.2) is 5.58 Å². The van der Waals surface area contributed by atoms with Crippen molar-refractivity contribution in [2.24, 2.45) is 0 Å². The van der Waals surface area contributed by atoms with Crippen LogP contribution in [-0.2, 0) is 16.6 Å². The van der Waals surface area contributed by atoms with E-state index in [0.29, 0.717) is 26.8 Å². The first-order valence-corrected chi connectivity index (χ1v) is 8.12. The molecule has 0 radical (unpaired) electrons. The molecular weight excluding hydrogens is 359 g/mol. The van der Waals surface area contributed by atoms with Crippen molar-refractivity contribution < 1.29 is 13.0 Å². The zero-order valence-corrected chi connectivity index (χ0v) is 13.1. The fraction of sp³-hybridized carbons (Fsp3) is 0.0714. The van der Waals surface area contributed by atoms with E-state index in [9.17, 15) is 8.60 Å². The van der Waals surface area contributed by atoms with Crippen LogP contribution < -0.4 is 5.73 Å². The molecule has 108 valence electrons. The van der Waals surface area contributed by atoms with Gasteiger partial charge in [-0.2, -0.15) is 0 Å². The Morgan fingerprint density at radius 2 is 2.10 bits per heavy atom. The largest absolute Gasteiger partial charge is 0.430 e. The number of oxazole rings is 1. The Bertz CT molecular complexity index is 850. The highest BCUT2D eigenvalue weighted by atomic mass is 79.9. The number of rotatable bonds is 3. The number of benzene rings is 2. The molecule has 1 heterocycles. The summed E-state index contributed by atoms with van der Waals surface area (Å²) in [4.78, 5) is 4.14. The molecule has 1 aromatic heterocycles. The van der Waals surface area contributed by atoms with Gasteiger partial charge in [-0.3, -0.25) is 0 Å². The monoisotopic (exact) mass is 368 g/mol. The SMILES string of the molecule is Nc1ccc2oc(S(=O)Cc3ccc(Br)cc3F)nc2c1. The summed E-state index contributed by atoms with van der Waals surface area (Å²) in [5.41, 5.74) is 7.59. The van der Waals surface area contributed by atoms with Crippen LogP contribution >= 0.6 is 15.9 Å². The van der Waals surface area contributed by atoms with E-state index in [1.54, 1.807) is 30.3 Å². The third-order valence-corrected chi connectivity index (χ3v) is 4.52. The van der Waals surface area contributed by atoms with Crippen LogP contribution in [-0.4, -0.2) is 9.19 Å². The fourth-order valence-corrected chi connectivity index (χ4v) is 3.22. The number of hydrogen-bond acceptors (Lipinski definition) is 4. The third kappa shape index (κ3) is 2.98. The van der Waals surface area contributed by atoms with Gasteiger partial charge < -0.3 is 10.2 Å². The van der Waals surface area contributed by atoms with Crippen LogP contribution in [0.1, 0.15) is 5.56 Å². The molecule has 0 aliphatic rings. The third-order valence-electron chi connectivity index (χ3n) is 2.89. The summed E-state index contributed by atoms with van der Waals surface area (Å²) in [6, 6.07) is 9.59. The number of halogens is 2. The van der Waals surface area contributed by atoms with Crippen LogP contribution in [0.2, 0.25) is 0 Å². The molecule has 21 heavy (non-hydrogen) atoms. The summed E-state index contributed by atoms with van der Waals surface area (Å²) in [5, 5.41) is 0.0675. The maximum absolute atomic E-state index is 13.8. The van der Waals surface area contributed by atoms with E-state index in [0.717, 1.165) is 0 Å². The highest BCUT2D eigenvalue weighted by Gasteiger charge is 2.15. The molecule has 7 heteroatoms. The Morgan fingerprint density at radius 1 is 1.29 bits per heavy atom. The summed E-state index contributed by atoms with van der Waals surface area (Å²) >= 11 is 3.18. The molecule has 0 saturated carbocycles. The van der Waals surface area contributed by atoms with Crippen LogP contribution in [0, 0.1) is 5.82 Å². The lowest BCUT2D eigenvalue weighted by Gasteiger charge is -2.01. The van der Waals surface area contributed by atoms with Crippen molar-refractivity contribution in [2.75, 3.05) is 5.73 Å². The highest BCUT2D eigenvalue weighted by molar-refractivity contribution is 9.10. The van der Waals surface area contributed by atoms with Crippen LogP contribution in [0.3, 0.4) is 0 Å². The molecule has 2 aromatic carbocycles. The van der Waals surface area contributed by atoms with Crippen molar-refractivity contribution in [2.45, 2.75) is 11.0 Å². The Kier molecular flexibility index (Phi) is 3.77. The average molecular weight is 369 g/mol. The highest BCUT2D eigenvalue weighted by Crippen LogP contribution is 2.23. The Morgan fingerprint density at radius 3 is 2.86 bits per heavy atom. The number of anilines is 1. The molecular formula is C14H10BrFN2O2S. The summed E-state index contributed by atoms with van der Waals surface area (Å²) in [7, 11) is -1.56. The van der Waals surface area contributed by atoms with Gasteiger partial charge in [0.2, 0.25) is 0 Å². The van der Waals surface area contributed by atoms with Crippen molar-refractivity contribution in [3.05, 3.63) is 52.3 Å². The van der Waals surface area contributed by atoms with Gasteiger partial charge in [0.1, 0.15) is 22.1 Å². The van der Waals surface area contributed by atoms with Crippen LogP contribution in [0.15, 0.2) is 50.5 Å². The number of nitrogens with two attached hydrogens (primary N) is 1. The predicted molar refractivity (Wildman–Crippen MR) is 82.6 cm³/mol. The summed E-state index contributed by atoms with van der Waals surface area (Å²) < 4.78 is 32.1. The molecule has 2 N–H and O–H groups in total. The van der Waals surface area contributed by atoms with Gasteiger partial charge >= 0.3 is 0 Å². The Balaban J connectivity index is 1.89. The minimum absolute atomic E-state index is 0.00141. The first-order chi connectivity index (χ1) is 10.0.